The third-order valence-corrected chi connectivity index (χ3v) is 2.99. The second kappa shape index (κ2) is 18.5. The topological polar surface area (TPSA) is 283 Å². The van der Waals surface area contributed by atoms with Gasteiger partial charge in [0.25, 0.3) is 0 Å². The minimum absolute atomic E-state index is 0. The van der Waals surface area contributed by atoms with Crippen LogP contribution in [0.1, 0.15) is 0 Å². The molecule has 0 saturated heterocycles. The normalized spacial score (nSPS) is 18.9. The molecule has 16 heteroatoms. The minimum atomic E-state index is -2.31. The summed E-state index contributed by atoms with van der Waals surface area (Å²) in [5.74, 6) is -3.95. The van der Waals surface area contributed by atoms with E-state index in [2.05, 4.69) is 0 Å². The van der Waals surface area contributed by atoms with Crippen molar-refractivity contribution < 1.29 is 141 Å². The predicted octanol–water partition coefficient (Wildman–Crippen LogP) is -15.6. The zero-order chi connectivity index (χ0) is 21.2. The smallest absolute Gasteiger partial charge is 0.547 e. The quantitative estimate of drug-likeness (QED) is 0.142. The van der Waals surface area contributed by atoms with Gasteiger partial charge >= 0.3 is 70.2 Å². The largest absolute Gasteiger partial charge is 1.00 e. The Bertz CT molecular complexity index is 391. The second-order valence-electron chi connectivity index (χ2n) is 4.99. The van der Waals surface area contributed by atoms with Crippen LogP contribution in [0, 0.1) is 0 Å². The molecule has 28 heavy (non-hydrogen) atoms. The van der Waals surface area contributed by atoms with Gasteiger partial charge in [-0.25, -0.2) is 0 Å². The van der Waals surface area contributed by atoms with E-state index in [1.165, 1.54) is 0 Å². The van der Waals surface area contributed by atoms with Gasteiger partial charge in [0.05, 0.1) is 25.2 Å². The Kier molecular flexibility index (Phi) is 23.9. The van der Waals surface area contributed by atoms with Crippen molar-refractivity contribution in [2.45, 2.75) is 48.8 Å². The Hall–Kier alpha value is 0.774. The third-order valence-electron chi connectivity index (χ3n) is 2.99. The molecule has 0 saturated carbocycles. The van der Waals surface area contributed by atoms with Crippen LogP contribution in [0.4, 0.5) is 0 Å². The number of carboxylic acids is 2. The molecule has 0 aliphatic heterocycles. The molecule has 0 aliphatic carbocycles. The van der Waals surface area contributed by atoms with Crippen LogP contribution < -0.4 is 80.5 Å². The molecule has 156 valence electrons. The fourth-order valence-corrected chi connectivity index (χ4v) is 1.32. The van der Waals surface area contributed by atoms with E-state index in [4.69, 9.17) is 51.1 Å². The van der Waals surface area contributed by atoms with E-state index in [0.717, 1.165) is 0 Å². The molecule has 0 rings (SSSR count). The van der Waals surface area contributed by atoms with Crippen LogP contribution in [-0.2, 0) is 9.59 Å². The SMILES string of the molecule is O=C([O-])[C@H](O)[C@@H](O)[C@H](O)[C@H](O)CO.O=C([O-])[C@H](O)[C@@H](O)[C@H](O)[C@H](O)CO.[K+].[Li+]. The van der Waals surface area contributed by atoms with Crippen molar-refractivity contribution in [3.63, 3.8) is 0 Å². The molecule has 0 heterocycles. The van der Waals surface area contributed by atoms with E-state index in [9.17, 15) is 19.8 Å². The van der Waals surface area contributed by atoms with Crippen LogP contribution in [-0.4, -0.2) is 125 Å². The molecule has 0 aliphatic rings. The average molecular weight is 436 g/mol. The molecule has 14 nitrogen and oxygen atoms in total. The Balaban J connectivity index is -0.000000192. The van der Waals surface area contributed by atoms with Crippen LogP contribution in [0.15, 0.2) is 0 Å². The summed E-state index contributed by atoms with van der Waals surface area (Å²) in [7, 11) is 0. The minimum Gasteiger partial charge on any atom is -0.547 e. The third kappa shape index (κ3) is 13.2. The summed E-state index contributed by atoms with van der Waals surface area (Å²) in [4.78, 5) is 20.0. The molecule has 10 N–H and O–H groups in total. The molecule has 0 bridgehead atoms. The van der Waals surface area contributed by atoms with E-state index >= 15 is 0 Å². The van der Waals surface area contributed by atoms with Crippen molar-refractivity contribution in [2.24, 2.45) is 0 Å². The van der Waals surface area contributed by atoms with Crippen LogP contribution in [0.25, 0.3) is 0 Å². The average Bonchev–Trinajstić information content (AvgIpc) is 2.62. The molecule has 0 unspecified atom stereocenters. The van der Waals surface area contributed by atoms with E-state index in [1.807, 2.05) is 0 Å². The van der Waals surface area contributed by atoms with Gasteiger partial charge in [-0.3, -0.25) is 0 Å². The van der Waals surface area contributed by atoms with Crippen molar-refractivity contribution in [1.29, 1.82) is 0 Å². The summed E-state index contributed by atoms with van der Waals surface area (Å²) in [6.45, 7) is -1.73. The van der Waals surface area contributed by atoms with Gasteiger partial charge in [0.15, 0.2) is 0 Å². The van der Waals surface area contributed by atoms with Gasteiger partial charge in [-0.15, -0.1) is 0 Å². The maximum atomic E-state index is 9.98. The van der Waals surface area contributed by atoms with E-state index < -0.39 is 74.0 Å². The molecule has 0 aromatic carbocycles. The van der Waals surface area contributed by atoms with Gasteiger partial charge in [-0.05, 0) is 0 Å². The van der Waals surface area contributed by atoms with Gasteiger partial charge in [-0.2, -0.15) is 0 Å². The Morgan fingerprint density at radius 3 is 0.964 bits per heavy atom. The number of carbonyl (C=O) groups excluding carboxylic acids is 2. The van der Waals surface area contributed by atoms with Crippen LogP contribution in [0.3, 0.4) is 0 Å². The maximum absolute atomic E-state index is 9.98. The van der Waals surface area contributed by atoms with Crippen LogP contribution in [0.5, 0.6) is 0 Å². The number of aliphatic hydroxyl groups is 10. The summed E-state index contributed by atoms with van der Waals surface area (Å²) in [5.41, 5.74) is 0. The first kappa shape index (κ1) is 36.2. The van der Waals surface area contributed by atoms with Crippen molar-refractivity contribution in [2.75, 3.05) is 13.2 Å². The number of carboxylic acid groups (broad SMARTS) is 2. The number of aliphatic hydroxyl groups excluding tert-OH is 10. The number of rotatable bonds is 10. The van der Waals surface area contributed by atoms with Gasteiger partial charge in [0, 0.05) is 0 Å². The fraction of sp³-hybridized carbons (Fsp3) is 0.833. The molecular formula is C12H22KLiO14. The summed E-state index contributed by atoms with van der Waals surface area (Å²) in [6, 6.07) is 0. The monoisotopic (exact) mass is 436 g/mol. The van der Waals surface area contributed by atoms with Crippen molar-refractivity contribution in [1.82, 2.24) is 0 Å². The standard InChI is InChI=1S/2C6H12O7.K.Li/c2*7-1-2(8)3(9)4(10)5(11)6(12)13;;/h2*2-5,7-11H,1H2,(H,12,13);;/q;;2*+1/p-2/t2*2-,3-,4+,5-;;/m11../s1. The van der Waals surface area contributed by atoms with E-state index in [1.54, 1.807) is 0 Å². The van der Waals surface area contributed by atoms with E-state index in [0.29, 0.717) is 0 Å². The molecule has 0 aromatic rings. The molecule has 0 spiro atoms. The number of aliphatic carboxylic acids is 2. The van der Waals surface area contributed by atoms with E-state index in [-0.39, 0.29) is 70.2 Å². The molecule has 0 fully saturated rings. The number of hydrogen-bond donors (Lipinski definition) is 10. The predicted molar refractivity (Wildman–Crippen MR) is 72.2 cm³/mol. The van der Waals surface area contributed by atoms with Gasteiger partial charge in [0.1, 0.15) is 48.8 Å². The van der Waals surface area contributed by atoms with Gasteiger partial charge < -0.3 is 70.9 Å². The molecule has 0 radical (unpaired) electrons. The molecule has 8 atom stereocenters. The summed E-state index contributed by atoms with van der Waals surface area (Å²) in [5, 5.41) is 107. The Morgan fingerprint density at radius 1 is 0.607 bits per heavy atom. The summed E-state index contributed by atoms with van der Waals surface area (Å²) < 4.78 is 0. The zero-order valence-corrected chi connectivity index (χ0v) is 18.3. The number of carbonyl (C=O) groups is 2. The summed E-state index contributed by atoms with van der Waals surface area (Å²) >= 11 is 0. The van der Waals surface area contributed by atoms with Crippen molar-refractivity contribution in [3.8, 4) is 0 Å². The van der Waals surface area contributed by atoms with Crippen molar-refractivity contribution >= 4 is 11.9 Å². The Morgan fingerprint density at radius 2 is 0.821 bits per heavy atom. The van der Waals surface area contributed by atoms with Crippen molar-refractivity contribution in [3.05, 3.63) is 0 Å². The van der Waals surface area contributed by atoms with Crippen LogP contribution in [0.2, 0.25) is 0 Å². The maximum Gasteiger partial charge on any atom is 1.00 e. The molecular weight excluding hydrogens is 414 g/mol. The molecule has 0 amide bonds. The first-order chi connectivity index (χ1) is 11.8. The molecule has 0 aromatic heterocycles. The zero-order valence-electron chi connectivity index (χ0n) is 15.1. The summed E-state index contributed by atoms with van der Waals surface area (Å²) in [6.07, 6.45) is -16.2. The Labute approximate surface area is 213 Å². The van der Waals surface area contributed by atoms with Crippen LogP contribution >= 0.6 is 0 Å². The van der Waals surface area contributed by atoms with Gasteiger partial charge in [0.2, 0.25) is 0 Å². The van der Waals surface area contributed by atoms with Gasteiger partial charge in [-0.1, -0.05) is 0 Å². The fourth-order valence-electron chi connectivity index (χ4n) is 1.32. The first-order valence-electron chi connectivity index (χ1n) is 6.91. The number of hydrogen-bond acceptors (Lipinski definition) is 14. The second-order valence-corrected chi connectivity index (χ2v) is 4.99. The first-order valence-corrected chi connectivity index (χ1v) is 6.91.